The molecule has 6 heteroatoms. The van der Waals surface area contributed by atoms with Gasteiger partial charge in [-0.3, -0.25) is 9.59 Å². The molecule has 1 aliphatic heterocycles. The summed E-state index contributed by atoms with van der Waals surface area (Å²) in [5.74, 6) is -1.28. The second kappa shape index (κ2) is 7.83. The topological polar surface area (TPSA) is 84.5 Å². The van der Waals surface area contributed by atoms with E-state index in [-0.39, 0.29) is 12.3 Å². The number of carbonyl (C=O) groups is 3. The van der Waals surface area contributed by atoms with Crippen LogP contribution in [0.5, 0.6) is 0 Å². The average molecular weight is 400 g/mol. The zero-order valence-electron chi connectivity index (χ0n) is 16.3. The van der Waals surface area contributed by atoms with Crippen LogP contribution in [-0.4, -0.2) is 23.4 Å². The van der Waals surface area contributed by atoms with Crippen molar-refractivity contribution in [3.8, 4) is 0 Å². The van der Waals surface area contributed by atoms with Crippen LogP contribution < -0.4 is 10.6 Å². The van der Waals surface area contributed by atoms with E-state index in [1.165, 1.54) is 0 Å². The van der Waals surface area contributed by atoms with E-state index >= 15 is 0 Å². The lowest BCUT2D eigenvalue weighted by Crippen LogP contribution is -2.49. The molecule has 1 heterocycles. The van der Waals surface area contributed by atoms with Gasteiger partial charge in [0.1, 0.15) is 0 Å². The van der Waals surface area contributed by atoms with Crippen LogP contribution in [0.4, 0.5) is 11.4 Å². The van der Waals surface area contributed by atoms with Gasteiger partial charge < -0.3 is 15.4 Å². The van der Waals surface area contributed by atoms with Crippen molar-refractivity contribution in [2.75, 3.05) is 10.6 Å². The Morgan fingerprint density at radius 3 is 2.17 bits per heavy atom. The minimum Gasteiger partial charge on any atom is -0.445 e. The van der Waals surface area contributed by atoms with Crippen LogP contribution in [0.2, 0.25) is 0 Å². The van der Waals surface area contributed by atoms with E-state index in [1.807, 2.05) is 18.2 Å². The van der Waals surface area contributed by atoms with Gasteiger partial charge in [0.15, 0.2) is 5.60 Å². The maximum absolute atomic E-state index is 13.1. The minimum atomic E-state index is -1.36. The third kappa shape index (κ3) is 3.80. The number of ether oxygens (including phenoxy) is 1. The molecule has 0 saturated heterocycles. The second-order valence-corrected chi connectivity index (χ2v) is 7.27. The van der Waals surface area contributed by atoms with E-state index in [2.05, 4.69) is 10.6 Å². The predicted octanol–water partition coefficient (Wildman–Crippen LogP) is 4.05. The van der Waals surface area contributed by atoms with Crippen molar-refractivity contribution >= 4 is 29.2 Å². The van der Waals surface area contributed by atoms with Gasteiger partial charge in [0.05, 0.1) is 16.9 Å². The van der Waals surface area contributed by atoms with Gasteiger partial charge >= 0.3 is 5.97 Å². The SMILES string of the molecule is CC1(C(=O)Nc2ccccc2NC(=O)c2ccccc2)Cc2ccccc2C(=O)O1. The van der Waals surface area contributed by atoms with Gasteiger partial charge in [-0.15, -0.1) is 0 Å². The van der Waals surface area contributed by atoms with Gasteiger partial charge in [-0.05, 0) is 42.8 Å². The Morgan fingerprint density at radius 2 is 1.43 bits per heavy atom. The quantitative estimate of drug-likeness (QED) is 0.647. The van der Waals surface area contributed by atoms with Gasteiger partial charge in [-0.25, -0.2) is 4.79 Å². The lowest BCUT2D eigenvalue weighted by Gasteiger charge is -2.33. The monoisotopic (exact) mass is 400 g/mol. The summed E-state index contributed by atoms with van der Waals surface area (Å²) >= 11 is 0. The number of rotatable bonds is 4. The Bertz CT molecular complexity index is 1130. The molecule has 0 spiro atoms. The number of hydrogen-bond donors (Lipinski definition) is 2. The van der Waals surface area contributed by atoms with Crippen molar-refractivity contribution < 1.29 is 19.1 Å². The molecule has 0 radical (unpaired) electrons. The van der Waals surface area contributed by atoms with Crippen LogP contribution in [0.1, 0.15) is 33.2 Å². The van der Waals surface area contributed by atoms with E-state index in [4.69, 9.17) is 4.74 Å². The van der Waals surface area contributed by atoms with Crippen LogP contribution >= 0.6 is 0 Å². The summed E-state index contributed by atoms with van der Waals surface area (Å²) < 4.78 is 5.49. The van der Waals surface area contributed by atoms with Gasteiger partial charge in [-0.2, -0.15) is 0 Å². The van der Waals surface area contributed by atoms with Crippen molar-refractivity contribution in [3.05, 3.63) is 95.6 Å². The zero-order chi connectivity index (χ0) is 21.1. The molecule has 0 aromatic heterocycles. The number of carbonyl (C=O) groups excluding carboxylic acids is 3. The van der Waals surface area contributed by atoms with Gasteiger partial charge in [-0.1, -0.05) is 48.5 Å². The molecule has 1 atom stereocenters. The van der Waals surface area contributed by atoms with Crippen LogP contribution in [-0.2, 0) is 16.0 Å². The van der Waals surface area contributed by atoms with Crippen molar-refractivity contribution in [2.24, 2.45) is 0 Å². The number of esters is 1. The first kappa shape index (κ1) is 19.4. The summed E-state index contributed by atoms with van der Waals surface area (Å²) in [6, 6.07) is 22.8. The highest BCUT2D eigenvalue weighted by Crippen LogP contribution is 2.30. The number of amides is 2. The van der Waals surface area contributed by atoms with E-state index in [0.29, 0.717) is 22.5 Å². The van der Waals surface area contributed by atoms with Crippen LogP contribution in [0.15, 0.2) is 78.9 Å². The normalized spacial score (nSPS) is 17.4. The number of nitrogens with one attached hydrogen (secondary N) is 2. The molecule has 3 aromatic carbocycles. The maximum Gasteiger partial charge on any atom is 0.339 e. The second-order valence-electron chi connectivity index (χ2n) is 7.27. The highest BCUT2D eigenvalue weighted by atomic mass is 16.6. The molecule has 2 N–H and O–H groups in total. The Kier molecular flexibility index (Phi) is 5.06. The Labute approximate surface area is 173 Å². The smallest absolute Gasteiger partial charge is 0.339 e. The van der Waals surface area contributed by atoms with Gasteiger partial charge in [0, 0.05) is 12.0 Å². The number of benzene rings is 3. The highest BCUT2D eigenvalue weighted by Gasteiger charge is 2.42. The third-order valence-corrected chi connectivity index (χ3v) is 5.02. The highest BCUT2D eigenvalue weighted by molar-refractivity contribution is 6.08. The summed E-state index contributed by atoms with van der Waals surface area (Å²) in [5.41, 5.74) is 1.25. The van der Waals surface area contributed by atoms with Crippen LogP contribution in [0, 0.1) is 0 Å². The van der Waals surface area contributed by atoms with Crippen LogP contribution in [0.3, 0.4) is 0 Å². The molecule has 0 aliphatic carbocycles. The first-order chi connectivity index (χ1) is 14.5. The van der Waals surface area contributed by atoms with Crippen molar-refractivity contribution in [1.82, 2.24) is 0 Å². The van der Waals surface area contributed by atoms with Crippen LogP contribution in [0.25, 0.3) is 0 Å². The Morgan fingerprint density at radius 1 is 0.833 bits per heavy atom. The number of fused-ring (bicyclic) bond motifs is 1. The molecular weight excluding hydrogens is 380 g/mol. The molecular formula is C24H20N2O4. The molecule has 1 unspecified atom stereocenters. The minimum absolute atomic E-state index is 0.263. The molecule has 3 aromatic rings. The van der Waals surface area contributed by atoms with Gasteiger partial charge in [0.25, 0.3) is 11.8 Å². The summed E-state index contributed by atoms with van der Waals surface area (Å²) in [6.07, 6.45) is 0.263. The number of hydrogen-bond acceptors (Lipinski definition) is 4. The van der Waals surface area contributed by atoms with E-state index < -0.39 is 17.5 Å². The van der Waals surface area contributed by atoms with Crippen molar-refractivity contribution in [1.29, 1.82) is 0 Å². The Balaban J connectivity index is 1.54. The lowest BCUT2D eigenvalue weighted by molar-refractivity contribution is -0.134. The third-order valence-electron chi connectivity index (χ3n) is 5.02. The Hall–Kier alpha value is -3.93. The van der Waals surface area contributed by atoms with Gasteiger partial charge in [0.2, 0.25) is 0 Å². The molecule has 0 bridgehead atoms. The molecule has 0 saturated carbocycles. The fourth-order valence-corrected chi connectivity index (χ4v) is 3.40. The predicted molar refractivity (Wildman–Crippen MR) is 113 cm³/mol. The molecule has 30 heavy (non-hydrogen) atoms. The first-order valence-corrected chi connectivity index (χ1v) is 9.54. The molecule has 0 fully saturated rings. The first-order valence-electron chi connectivity index (χ1n) is 9.54. The zero-order valence-corrected chi connectivity index (χ0v) is 16.3. The average Bonchev–Trinajstić information content (AvgIpc) is 2.75. The summed E-state index contributed by atoms with van der Waals surface area (Å²) in [6.45, 7) is 1.58. The summed E-state index contributed by atoms with van der Waals surface area (Å²) in [7, 11) is 0. The largest absolute Gasteiger partial charge is 0.445 e. The van der Waals surface area contributed by atoms with Crippen molar-refractivity contribution in [3.63, 3.8) is 0 Å². The maximum atomic E-state index is 13.1. The van der Waals surface area contributed by atoms with E-state index in [0.717, 1.165) is 5.56 Å². The molecule has 6 nitrogen and oxygen atoms in total. The summed E-state index contributed by atoms with van der Waals surface area (Å²) in [5, 5.41) is 5.61. The standard InChI is InChI=1S/C24H20N2O4/c1-24(15-17-11-5-6-12-18(17)22(28)30-24)23(29)26-20-14-8-7-13-19(20)25-21(27)16-9-3-2-4-10-16/h2-14H,15H2,1H3,(H,25,27)(H,26,29). The molecule has 150 valence electrons. The lowest BCUT2D eigenvalue weighted by atomic mass is 9.89. The molecule has 1 aliphatic rings. The molecule has 2 amide bonds. The summed E-state index contributed by atoms with van der Waals surface area (Å²) in [4.78, 5) is 37.9. The fraction of sp³-hybridized carbons (Fsp3) is 0.125. The van der Waals surface area contributed by atoms with Crippen molar-refractivity contribution in [2.45, 2.75) is 18.9 Å². The number of para-hydroxylation sites is 2. The van der Waals surface area contributed by atoms with E-state index in [9.17, 15) is 14.4 Å². The fourth-order valence-electron chi connectivity index (χ4n) is 3.40. The molecule has 4 rings (SSSR count). The number of anilines is 2. The van der Waals surface area contributed by atoms with E-state index in [1.54, 1.807) is 67.6 Å². The number of cyclic esters (lactones) is 1.